The van der Waals surface area contributed by atoms with Gasteiger partial charge in [0, 0.05) is 23.7 Å². The second-order valence-electron chi connectivity index (χ2n) is 5.46. The molecule has 3 nitrogen and oxygen atoms in total. The van der Waals surface area contributed by atoms with Crippen molar-refractivity contribution in [3.05, 3.63) is 23.8 Å². The van der Waals surface area contributed by atoms with Crippen molar-refractivity contribution in [1.82, 2.24) is 5.32 Å². The molecule has 0 spiro atoms. The average molecular weight is 249 g/mol. The van der Waals surface area contributed by atoms with Gasteiger partial charge < -0.3 is 15.5 Å². The van der Waals surface area contributed by atoms with Crippen LogP contribution >= 0.6 is 0 Å². The SMILES string of the molecule is CC(N[C@@H](C)C1CCCC1)c1ccc(O)cc1O. The van der Waals surface area contributed by atoms with E-state index in [-0.39, 0.29) is 17.5 Å². The second kappa shape index (κ2) is 5.61. The predicted molar refractivity (Wildman–Crippen MR) is 72.7 cm³/mol. The highest BCUT2D eigenvalue weighted by Crippen LogP contribution is 2.31. The van der Waals surface area contributed by atoms with E-state index < -0.39 is 0 Å². The van der Waals surface area contributed by atoms with E-state index in [1.165, 1.54) is 31.7 Å². The standard InChI is InChI=1S/C15H23NO2/c1-10(12-5-3-4-6-12)16-11(2)14-8-7-13(17)9-15(14)18/h7-12,16-18H,3-6H2,1-2H3/t10-,11?/m0/s1. The zero-order valence-corrected chi connectivity index (χ0v) is 11.2. The minimum atomic E-state index is 0.0983. The fraction of sp³-hybridized carbons (Fsp3) is 0.600. The van der Waals surface area contributed by atoms with Crippen LogP contribution in [0.4, 0.5) is 0 Å². The molecular formula is C15H23NO2. The predicted octanol–water partition coefficient (Wildman–Crippen LogP) is 3.33. The van der Waals surface area contributed by atoms with E-state index in [0.29, 0.717) is 6.04 Å². The van der Waals surface area contributed by atoms with Crippen LogP contribution in [-0.2, 0) is 0 Å². The molecule has 2 atom stereocenters. The molecule has 3 heteroatoms. The van der Waals surface area contributed by atoms with Crippen molar-refractivity contribution in [3.63, 3.8) is 0 Å². The first kappa shape index (κ1) is 13.2. The van der Waals surface area contributed by atoms with Crippen LogP contribution in [0.5, 0.6) is 11.5 Å². The van der Waals surface area contributed by atoms with Crippen LogP contribution in [-0.4, -0.2) is 16.3 Å². The van der Waals surface area contributed by atoms with Crippen LogP contribution in [0.2, 0.25) is 0 Å². The van der Waals surface area contributed by atoms with Gasteiger partial charge in [-0.3, -0.25) is 0 Å². The first-order chi connectivity index (χ1) is 8.58. The van der Waals surface area contributed by atoms with Crippen molar-refractivity contribution in [2.75, 3.05) is 0 Å². The summed E-state index contributed by atoms with van der Waals surface area (Å²) in [4.78, 5) is 0. The van der Waals surface area contributed by atoms with Crippen molar-refractivity contribution in [2.45, 2.75) is 51.6 Å². The Morgan fingerprint density at radius 3 is 2.44 bits per heavy atom. The second-order valence-corrected chi connectivity index (χ2v) is 5.46. The van der Waals surface area contributed by atoms with Gasteiger partial charge >= 0.3 is 0 Å². The highest BCUT2D eigenvalue weighted by Gasteiger charge is 2.23. The summed E-state index contributed by atoms with van der Waals surface area (Å²) < 4.78 is 0. The molecule has 1 aliphatic carbocycles. The van der Waals surface area contributed by atoms with Crippen molar-refractivity contribution in [1.29, 1.82) is 0 Å². The van der Waals surface area contributed by atoms with Crippen molar-refractivity contribution in [3.8, 4) is 11.5 Å². The summed E-state index contributed by atoms with van der Waals surface area (Å²) in [7, 11) is 0. The smallest absolute Gasteiger partial charge is 0.124 e. The zero-order chi connectivity index (χ0) is 13.1. The fourth-order valence-corrected chi connectivity index (χ4v) is 2.98. The van der Waals surface area contributed by atoms with Gasteiger partial charge in [0.15, 0.2) is 0 Å². The maximum Gasteiger partial charge on any atom is 0.124 e. The maximum atomic E-state index is 9.84. The van der Waals surface area contributed by atoms with Gasteiger partial charge in [0.05, 0.1) is 0 Å². The largest absolute Gasteiger partial charge is 0.508 e. The summed E-state index contributed by atoms with van der Waals surface area (Å²) in [6.07, 6.45) is 5.30. The molecule has 100 valence electrons. The summed E-state index contributed by atoms with van der Waals surface area (Å²) >= 11 is 0. The lowest BCUT2D eigenvalue weighted by molar-refractivity contribution is 0.346. The number of phenols is 2. The van der Waals surface area contributed by atoms with Gasteiger partial charge in [0.2, 0.25) is 0 Å². The van der Waals surface area contributed by atoms with E-state index in [9.17, 15) is 10.2 Å². The number of hydrogen-bond donors (Lipinski definition) is 3. The van der Waals surface area contributed by atoms with E-state index in [1.807, 2.05) is 0 Å². The number of hydrogen-bond acceptors (Lipinski definition) is 3. The molecule has 2 rings (SSSR count). The van der Waals surface area contributed by atoms with Crippen molar-refractivity contribution >= 4 is 0 Å². The van der Waals surface area contributed by atoms with Gasteiger partial charge in [-0.15, -0.1) is 0 Å². The molecule has 18 heavy (non-hydrogen) atoms. The first-order valence-corrected chi connectivity index (χ1v) is 6.86. The molecule has 3 N–H and O–H groups in total. The zero-order valence-electron chi connectivity index (χ0n) is 11.2. The third-order valence-electron chi connectivity index (χ3n) is 4.10. The molecule has 1 fully saturated rings. The Hall–Kier alpha value is -1.22. The molecule has 1 aromatic carbocycles. The average Bonchev–Trinajstić information content (AvgIpc) is 2.81. The molecule has 0 saturated heterocycles. The van der Waals surface area contributed by atoms with Crippen molar-refractivity contribution in [2.24, 2.45) is 5.92 Å². The summed E-state index contributed by atoms with van der Waals surface area (Å²) in [5.41, 5.74) is 0.845. The van der Waals surface area contributed by atoms with Gasteiger partial charge in [-0.1, -0.05) is 18.9 Å². The Labute approximate surface area is 109 Å². The van der Waals surface area contributed by atoms with Gasteiger partial charge in [0.25, 0.3) is 0 Å². The van der Waals surface area contributed by atoms with E-state index >= 15 is 0 Å². The van der Waals surface area contributed by atoms with Crippen LogP contribution in [0.25, 0.3) is 0 Å². The maximum absolute atomic E-state index is 9.84. The van der Waals surface area contributed by atoms with Crippen LogP contribution in [0.15, 0.2) is 18.2 Å². The van der Waals surface area contributed by atoms with E-state index in [0.717, 1.165) is 11.5 Å². The summed E-state index contributed by atoms with van der Waals surface area (Å²) in [6.45, 7) is 4.28. The van der Waals surface area contributed by atoms with Crippen molar-refractivity contribution < 1.29 is 10.2 Å². The molecule has 0 bridgehead atoms. The highest BCUT2D eigenvalue weighted by atomic mass is 16.3. The molecule has 0 heterocycles. The Balaban J connectivity index is 2.00. The summed E-state index contributed by atoms with van der Waals surface area (Å²) in [6, 6.07) is 5.36. The molecule has 0 aromatic heterocycles. The van der Waals surface area contributed by atoms with Crippen LogP contribution in [0, 0.1) is 5.92 Å². The molecule has 1 unspecified atom stereocenters. The Morgan fingerprint density at radius 1 is 1.17 bits per heavy atom. The monoisotopic (exact) mass is 249 g/mol. The van der Waals surface area contributed by atoms with Gasteiger partial charge in [-0.25, -0.2) is 0 Å². The lowest BCUT2D eigenvalue weighted by atomic mass is 9.97. The number of benzene rings is 1. The van der Waals surface area contributed by atoms with Gasteiger partial charge in [-0.05, 0) is 38.7 Å². The van der Waals surface area contributed by atoms with Gasteiger partial charge in [-0.2, -0.15) is 0 Å². The molecule has 1 saturated carbocycles. The minimum Gasteiger partial charge on any atom is -0.508 e. The van der Waals surface area contributed by atoms with Crippen LogP contribution < -0.4 is 5.32 Å². The summed E-state index contributed by atoms with van der Waals surface area (Å²) in [5, 5.41) is 22.7. The number of nitrogens with one attached hydrogen (secondary N) is 1. The lowest BCUT2D eigenvalue weighted by Gasteiger charge is -2.25. The Morgan fingerprint density at radius 2 is 1.83 bits per heavy atom. The minimum absolute atomic E-state index is 0.0983. The molecule has 0 aliphatic heterocycles. The van der Waals surface area contributed by atoms with E-state index in [4.69, 9.17) is 0 Å². The Kier molecular flexibility index (Phi) is 4.12. The third kappa shape index (κ3) is 2.96. The normalized spacial score (nSPS) is 19.9. The highest BCUT2D eigenvalue weighted by molar-refractivity contribution is 5.40. The van der Waals surface area contributed by atoms with E-state index in [2.05, 4.69) is 19.2 Å². The van der Waals surface area contributed by atoms with Crippen LogP contribution in [0.3, 0.4) is 0 Å². The third-order valence-corrected chi connectivity index (χ3v) is 4.10. The number of phenolic OH excluding ortho intramolecular Hbond substituents is 2. The Bertz CT molecular complexity index is 399. The van der Waals surface area contributed by atoms with Gasteiger partial charge in [0.1, 0.15) is 11.5 Å². The fourth-order valence-electron chi connectivity index (χ4n) is 2.98. The lowest BCUT2D eigenvalue weighted by Crippen LogP contribution is -2.34. The molecular weight excluding hydrogens is 226 g/mol. The topological polar surface area (TPSA) is 52.5 Å². The molecule has 1 aliphatic rings. The molecule has 0 radical (unpaired) electrons. The van der Waals surface area contributed by atoms with Crippen LogP contribution in [0.1, 0.15) is 51.1 Å². The first-order valence-electron chi connectivity index (χ1n) is 6.86. The van der Waals surface area contributed by atoms with E-state index in [1.54, 1.807) is 12.1 Å². The number of aromatic hydroxyl groups is 2. The molecule has 1 aromatic rings. The quantitative estimate of drug-likeness (QED) is 0.767. The number of rotatable bonds is 4. The summed E-state index contributed by atoms with van der Waals surface area (Å²) in [5.74, 6) is 1.02. The molecule has 0 amide bonds.